The Labute approximate surface area is 107 Å². The summed E-state index contributed by atoms with van der Waals surface area (Å²) in [5.74, 6) is 0.350. The van der Waals surface area contributed by atoms with Crippen molar-refractivity contribution in [3.8, 4) is 0 Å². The number of nitrogens with one attached hydrogen (secondary N) is 1. The molecule has 0 fully saturated rings. The smallest absolute Gasteiger partial charge is 0.207 e. The number of aromatic nitrogens is 2. The Morgan fingerprint density at radius 2 is 2.35 bits per heavy atom. The molecule has 1 aromatic heterocycles. The fourth-order valence-electron chi connectivity index (χ4n) is 1.42. The zero-order valence-corrected chi connectivity index (χ0v) is 10.6. The van der Waals surface area contributed by atoms with Crippen molar-refractivity contribution in [2.45, 2.75) is 6.54 Å². The van der Waals surface area contributed by atoms with E-state index in [0.717, 1.165) is 0 Å². The average molecular weight is 296 g/mol. The standard InChI is InChI=1S/C12H11BrFN3/c1-2-6-17-7-5-15-12(17)16-9-3-4-10(13)11(14)8-9/h2-5,7-8H,1,6H2,(H,15,16). The molecule has 0 bridgehead atoms. The second kappa shape index (κ2) is 5.14. The number of anilines is 2. The lowest BCUT2D eigenvalue weighted by molar-refractivity contribution is 0.621. The Kier molecular flexibility index (Phi) is 3.58. The lowest BCUT2D eigenvalue weighted by Gasteiger charge is -2.08. The normalized spacial score (nSPS) is 10.2. The van der Waals surface area contributed by atoms with Gasteiger partial charge in [-0.15, -0.1) is 6.58 Å². The minimum Gasteiger partial charge on any atom is -0.326 e. The second-order valence-corrected chi connectivity index (χ2v) is 4.30. The molecule has 0 spiro atoms. The van der Waals surface area contributed by atoms with Gasteiger partial charge in [0.1, 0.15) is 5.82 Å². The number of rotatable bonds is 4. The Balaban J connectivity index is 2.22. The van der Waals surface area contributed by atoms with Crippen LogP contribution in [0.2, 0.25) is 0 Å². The van der Waals surface area contributed by atoms with Crippen molar-refractivity contribution in [1.29, 1.82) is 0 Å². The van der Waals surface area contributed by atoms with Gasteiger partial charge in [-0.3, -0.25) is 0 Å². The number of hydrogen-bond acceptors (Lipinski definition) is 2. The summed E-state index contributed by atoms with van der Waals surface area (Å²) in [7, 11) is 0. The highest BCUT2D eigenvalue weighted by molar-refractivity contribution is 9.10. The van der Waals surface area contributed by atoms with E-state index in [1.54, 1.807) is 24.4 Å². The van der Waals surface area contributed by atoms with Gasteiger partial charge >= 0.3 is 0 Å². The van der Waals surface area contributed by atoms with Gasteiger partial charge in [0.2, 0.25) is 5.95 Å². The SMILES string of the molecule is C=CCn1ccnc1Nc1ccc(Br)c(F)c1. The van der Waals surface area contributed by atoms with Crippen LogP contribution in [0.1, 0.15) is 0 Å². The van der Waals surface area contributed by atoms with Crippen LogP contribution in [-0.2, 0) is 6.54 Å². The summed E-state index contributed by atoms with van der Waals surface area (Å²) in [5, 5.41) is 3.05. The highest BCUT2D eigenvalue weighted by atomic mass is 79.9. The van der Waals surface area contributed by atoms with E-state index in [2.05, 4.69) is 32.8 Å². The van der Waals surface area contributed by atoms with Crippen molar-refractivity contribution < 1.29 is 4.39 Å². The van der Waals surface area contributed by atoms with Gasteiger partial charge in [0.25, 0.3) is 0 Å². The molecule has 0 amide bonds. The third-order valence-corrected chi connectivity index (χ3v) is 2.86. The summed E-state index contributed by atoms with van der Waals surface area (Å²) in [5.41, 5.74) is 0.655. The zero-order chi connectivity index (χ0) is 12.3. The molecule has 0 atom stereocenters. The molecule has 0 aliphatic heterocycles. The van der Waals surface area contributed by atoms with Crippen molar-refractivity contribution >= 4 is 27.6 Å². The van der Waals surface area contributed by atoms with Gasteiger partial charge < -0.3 is 9.88 Å². The van der Waals surface area contributed by atoms with Crippen LogP contribution in [0.5, 0.6) is 0 Å². The number of nitrogens with zero attached hydrogens (tertiary/aromatic N) is 2. The minimum absolute atomic E-state index is 0.308. The van der Waals surface area contributed by atoms with Gasteiger partial charge in [-0.25, -0.2) is 9.37 Å². The van der Waals surface area contributed by atoms with Gasteiger partial charge in [0, 0.05) is 24.6 Å². The van der Waals surface area contributed by atoms with Gasteiger partial charge in [-0.2, -0.15) is 0 Å². The minimum atomic E-state index is -0.308. The summed E-state index contributed by atoms with van der Waals surface area (Å²) >= 11 is 3.11. The fourth-order valence-corrected chi connectivity index (χ4v) is 1.67. The van der Waals surface area contributed by atoms with Crippen LogP contribution in [0.4, 0.5) is 16.0 Å². The Morgan fingerprint density at radius 1 is 1.53 bits per heavy atom. The van der Waals surface area contributed by atoms with E-state index in [1.807, 2.05) is 10.8 Å². The third-order valence-electron chi connectivity index (χ3n) is 2.22. The van der Waals surface area contributed by atoms with Crippen molar-refractivity contribution in [1.82, 2.24) is 9.55 Å². The van der Waals surface area contributed by atoms with E-state index in [1.165, 1.54) is 6.07 Å². The molecule has 0 unspecified atom stereocenters. The largest absolute Gasteiger partial charge is 0.326 e. The number of imidazole rings is 1. The van der Waals surface area contributed by atoms with Crippen LogP contribution < -0.4 is 5.32 Å². The van der Waals surface area contributed by atoms with Crippen molar-refractivity contribution in [2.75, 3.05) is 5.32 Å². The van der Waals surface area contributed by atoms with E-state index in [9.17, 15) is 4.39 Å². The van der Waals surface area contributed by atoms with Crippen LogP contribution in [-0.4, -0.2) is 9.55 Å². The zero-order valence-electron chi connectivity index (χ0n) is 9.03. The maximum absolute atomic E-state index is 13.3. The quantitative estimate of drug-likeness (QED) is 0.872. The summed E-state index contributed by atoms with van der Waals surface area (Å²) in [6.07, 6.45) is 5.29. The van der Waals surface area contributed by atoms with Gasteiger partial charge in [-0.1, -0.05) is 6.08 Å². The summed E-state index contributed by atoms with van der Waals surface area (Å²) in [6, 6.07) is 4.84. The first-order valence-corrected chi connectivity index (χ1v) is 5.84. The molecule has 0 saturated heterocycles. The lowest BCUT2D eigenvalue weighted by atomic mass is 10.3. The van der Waals surface area contributed by atoms with Crippen molar-refractivity contribution in [3.63, 3.8) is 0 Å². The molecule has 0 saturated carbocycles. The monoisotopic (exact) mass is 295 g/mol. The molecule has 0 aliphatic carbocycles. The van der Waals surface area contributed by atoms with Crippen LogP contribution >= 0.6 is 15.9 Å². The number of benzene rings is 1. The van der Waals surface area contributed by atoms with Gasteiger partial charge in [-0.05, 0) is 34.1 Å². The number of hydrogen-bond donors (Lipinski definition) is 1. The van der Waals surface area contributed by atoms with E-state index in [-0.39, 0.29) is 5.82 Å². The molecular weight excluding hydrogens is 285 g/mol. The first kappa shape index (κ1) is 11.9. The highest BCUT2D eigenvalue weighted by Gasteiger charge is 2.04. The Morgan fingerprint density at radius 3 is 3.06 bits per heavy atom. The average Bonchev–Trinajstić information content (AvgIpc) is 2.72. The van der Waals surface area contributed by atoms with E-state index in [4.69, 9.17) is 0 Å². The number of allylic oxidation sites excluding steroid dienone is 1. The molecule has 2 rings (SSSR count). The molecule has 1 N–H and O–H groups in total. The molecule has 1 heterocycles. The van der Waals surface area contributed by atoms with Crippen LogP contribution in [0, 0.1) is 5.82 Å². The Hall–Kier alpha value is -1.62. The van der Waals surface area contributed by atoms with E-state index in [0.29, 0.717) is 22.7 Å². The summed E-state index contributed by atoms with van der Waals surface area (Å²) in [6.45, 7) is 4.32. The van der Waals surface area contributed by atoms with Gasteiger partial charge in [0.15, 0.2) is 0 Å². The molecule has 17 heavy (non-hydrogen) atoms. The van der Waals surface area contributed by atoms with E-state index >= 15 is 0 Å². The second-order valence-electron chi connectivity index (χ2n) is 3.45. The first-order valence-electron chi connectivity index (χ1n) is 5.05. The molecular formula is C12H11BrFN3. The third kappa shape index (κ3) is 2.74. The van der Waals surface area contributed by atoms with Gasteiger partial charge in [0.05, 0.1) is 4.47 Å². The van der Waals surface area contributed by atoms with Crippen LogP contribution in [0.25, 0.3) is 0 Å². The van der Waals surface area contributed by atoms with Crippen LogP contribution in [0.15, 0.2) is 47.7 Å². The maximum atomic E-state index is 13.3. The highest BCUT2D eigenvalue weighted by Crippen LogP contribution is 2.21. The fraction of sp³-hybridized carbons (Fsp3) is 0.0833. The Bertz CT molecular complexity index is 536. The van der Waals surface area contributed by atoms with E-state index < -0.39 is 0 Å². The maximum Gasteiger partial charge on any atom is 0.207 e. The molecule has 3 nitrogen and oxygen atoms in total. The number of halogens is 2. The topological polar surface area (TPSA) is 29.9 Å². The molecule has 0 radical (unpaired) electrons. The molecule has 5 heteroatoms. The lowest BCUT2D eigenvalue weighted by Crippen LogP contribution is -2.02. The predicted molar refractivity (Wildman–Crippen MR) is 69.8 cm³/mol. The molecule has 0 aliphatic rings. The summed E-state index contributed by atoms with van der Waals surface area (Å²) < 4.78 is 15.7. The van der Waals surface area contributed by atoms with Crippen LogP contribution in [0.3, 0.4) is 0 Å². The molecule has 88 valence electrons. The predicted octanol–water partition coefficient (Wildman–Crippen LogP) is 3.71. The molecule has 2 aromatic rings. The van der Waals surface area contributed by atoms with Crippen molar-refractivity contribution in [3.05, 3.63) is 53.5 Å². The first-order chi connectivity index (χ1) is 8.20. The summed E-state index contributed by atoms with van der Waals surface area (Å²) in [4.78, 5) is 4.15. The molecule has 1 aromatic carbocycles. The van der Waals surface area contributed by atoms with Crippen molar-refractivity contribution in [2.24, 2.45) is 0 Å².